The number of esters is 1. The molecule has 0 amide bonds. The predicted molar refractivity (Wildman–Crippen MR) is 80.7 cm³/mol. The minimum absolute atomic E-state index is 0.0939. The van der Waals surface area contributed by atoms with Crippen molar-refractivity contribution in [1.29, 1.82) is 5.26 Å². The molecule has 0 spiro atoms. The number of benzene rings is 1. The predicted octanol–water partition coefficient (Wildman–Crippen LogP) is 3.10. The highest BCUT2D eigenvalue weighted by Crippen LogP contribution is 2.18. The first kappa shape index (κ1) is 16.6. The molecule has 1 aromatic carbocycles. The van der Waals surface area contributed by atoms with Gasteiger partial charge in [-0.1, -0.05) is 19.9 Å². The van der Waals surface area contributed by atoms with Crippen molar-refractivity contribution in [2.24, 2.45) is 5.92 Å². The molecule has 112 valence electrons. The molecule has 0 aromatic heterocycles. The van der Waals surface area contributed by atoms with Crippen molar-refractivity contribution >= 4 is 11.7 Å². The van der Waals surface area contributed by atoms with Gasteiger partial charge in [-0.25, -0.2) is 4.79 Å². The van der Waals surface area contributed by atoms with Gasteiger partial charge in [-0.2, -0.15) is 5.26 Å². The molecule has 0 bridgehead atoms. The maximum atomic E-state index is 11.3. The number of carbonyl (C=O) groups is 1. The van der Waals surface area contributed by atoms with Crippen LogP contribution < -0.4 is 10.1 Å². The molecule has 0 saturated heterocycles. The van der Waals surface area contributed by atoms with Gasteiger partial charge in [0.1, 0.15) is 11.8 Å². The van der Waals surface area contributed by atoms with Crippen molar-refractivity contribution < 1.29 is 14.3 Å². The molecule has 1 N–H and O–H groups in total. The molecular weight excluding hydrogens is 268 g/mol. The lowest BCUT2D eigenvalue weighted by Crippen LogP contribution is -2.05. The number of nitrogens with one attached hydrogen (secondary N) is 1. The standard InChI is InChI=1S/C16H20N2O3/c1-12(2)7-8-21-15-6-4-5-14(9-15)18-11-13(10-17)16(19)20-3/h4-6,9,11-12,18H,7-8H2,1-3H3/b13-11+. The van der Waals surface area contributed by atoms with Crippen molar-refractivity contribution in [2.45, 2.75) is 20.3 Å². The Morgan fingerprint density at radius 2 is 2.24 bits per heavy atom. The number of carbonyl (C=O) groups excluding carboxylic acids is 1. The average Bonchev–Trinajstić information content (AvgIpc) is 2.47. The van der Waals surface area contributed by atoms with Gasteiger partial charge in [-0.3, -0.25) is 0 Å². The summed E-state index contributed by atoms with van der Waals surface area (Å²) >= 11 is 0. The van der Waals surface area contributed by atoms with E-state index in [0.29, 0.717) is 12.5 Å². The summed E-state index contributed by atoms with van der Waals surface area (Å²) < 4.78 is 10.1. The van der Waals surface area contributed by atoms with E-state index < -0.39 is 5.97 Å². The molecule has 0 radical (unpaired) electrons. The molecule has 0 heterocycles. The number of hydrogen-bond acceptors (Lipinski definition) is 5. The summed E-state index contributed by atoms with van der Waals surface area (Å²) in [6, 6.07) is 9.10. The van der Waals surface area contributed by atoms with E-state index in [2.05, 4.69) is 23.9 Å². The summed E-state index contributed by atoms with van der Waals surface area (Å²) in [5.41, 5.74) is 0.636. The Kier molecular flexibility index (Phi) is 6.82. The summed E-state index contributed by atoms with van der Waals surface area (Å²) in [5.74, 6) is 0.660. The zero-order valence-electron chi connectivity index (χ0n) is 12.6. The Balaban J connectivity index is 2.66. The first-order chi connectivity index (χ1) is 10.1. The molecule has 0 unspecified atom stereocenters. The molecule has 0 atom stereocenters. The first-order valence-corrected chi connectivity index (χ1v) is 6.74. The molecule has 0 saturated carbocycles. The van der Waals surface area contributed by atoms with Gasteiger partial charge in [-0.05, 0) is 24.5 Å². The maximum Gasteiger partial charge on any atom is 0.350 e. The molecule has 21 heavy (non-hydrogen) atoms. The van der Waals surface area contributed by atoms with Gasteiger partial charge in [0.2, 0.25) is 0 Å². The lowest BCUT2D eigenvalue weighted by atomic mass is 10.1. The van der Waals surface area contributed by atoms with Crippen LogP contribution in [-0.4, -0.2) is 19.7 Å². The zero-order chi connectivity index (χ0) is 15.7. The second-order valence-corrected chi connectivity index (χ2v) is 4.86. The average molecular weight is 288 g/mol. The minimum atomic E-state index is -0.672. The number of hydrogen-bond donors (Lipinski definition) is 1. The molecule has 5 heteroatoms. The van der Waals surface area contributed by atoms with Gasteiger partial charge >= 0.3 is 5.97 Å². The third-order valence-corrected chi connectivity index (χ3v) is 2.71. The van der Waals surface area contributed by atoms with Crippen molar-refractivity contribution in [3.8, 4) is 11.8 Å². The highest BCUT2D eigenvalue weighted by atomic mass is 16.5. The molecule has 0 aliphatic heterocycles. The smallest absolute Gasteiger partial charge is 0.350 e. The number of rotatable bonds is 7. The summed E-state index contributed by atoms with van der Waals surface area (Å²) in [6.45, 7) is 4.94. The fourth-order valence-corrected chi connectivity index (χ4v) is 1.49. The number of ether oxygens (including phenoxy) is 2. The van der Waals surface area contributed by atoms with Crippen LogP contribution in [0.15, 0.2) is 36.0 Å². The monoisotopic (exact) mass is 288 g/mol. The number of nitrogens with zero attached hydrogens (tertiary/aromatic N) is 1. The number of nitriles is 1. The van der Waals surface area contributed by atoms with Crippen molar-refractivity contribution in [2.75, 3.05) is 19.0 Å². The Morgan fingerprint density at radius 3 is 2.86 bits per heavy atom. The molecule has 1 rings (SSSR count). The first-order valence-electron chi connectivity index (χ1n) is 6.74. The summed E-state index contributed by atoms with van der Waals surface area (Å²) in [4.78, 5) is 11.3. The minimum Gasteiger partial charge on any atom is -0.494 e. The zero-order valence-corrected chi connectivity index (χ0v) is 12.6. The van der Waals surface area contributed by atoms with Gasteiger partial charge in [-0.15, -0.1) is 0 Å². The van der Waals surface area contributed by atoms with Gasteiger partial charge in [0.25, 0.3) is 0 Å². The largest absolute Gasteiger partial charge is 0.494 e. The highest BCUT2D eigenvalue weighted by molar-refractivity contribution is 5.93. The van der Waals surface area contributed by atoms with Gasteiger partial charge < -0.3 is 14.8 Å². The maximum absolute atomic E-state index is 11.3. The van der Waals surface area contributed by atoms with E-state index in [1.165, 1.54) is 13.3 Å². The lowest BCUT2D eigenvalue weighted by molar-refractivity contribution is -0.135. The van der Waals surface area contributed by atoms with Crippen LogP contribution in [0.3, 0.4) is 0 Å². The molecule has 5 nitrogen and oxygen atoms in total. The quantitative estimate of drug-likeness (QED) is 0.474. The van der Waals surface area contributed by atoms with Crippen LogP contribution in [0, 0.1) is 17.2 Å². The van der Waals surface area contributed by atoms with E-state index in [1.807, 2.05) is 24.3 Å². The van der Waals surface area contributed by atoms with Crippen molar-refractivity contribution in [3.63, 3.8) is 0 Å². The van der Waals surface area contributed by atoms with E-state index in [0.717, 1.165) is 17.9 Å². The van der Waals surface area contributed by atoms with E-state index in [4.69, 9.17) is 10.00 Å². The van der Waals surface area contributed by atoms with Crippen molar-refractivity contribution in [1.82, 2.24) is 0 Å². The Morgan fingerprint density at radius 1 is 1.48 bits per heavy atom. The Labute approximate surface area is 125 Å². The lowest BCUT2D eigenvalue weighted by Gasteiger charge is -2.09. The normalized spacial score (nSPS) is 10.9. The van der Waals surface area contributed by atoms with Crippen LogP contribution >= 0.6 is 0 Å². The second-order valence-electron chi connectivity index (χ2n) is 4.86. The topological polar surface area (TPSA) is 71.4 Å². The third kappa shape index (κ3) is 6.00. The van der Waals surface area contributed by atoms with Gasteiger partial charge in [0.15, 0.2) is 5.57 Å². The van der Waals surface area contributed by atoms with Crippen LogP contribution in [0.25, 0.3) is 0 Å². The molecule has 1 aromatic rings. The molecular formula is C16H20N2O3. The second kappa shape index (κ2) is 8.64. The third-order valence-electron chi connectivity index (χ3n) is 2.71. The van der Waals surface area contributed by atoms with E-state index >= 15 is 0 Å². The fourth-order valence-electron chi connectivity index (χ4n) is 1.49. The van der Waals surface area contributed by atoms with Crippen LogP contribution in [0.2, 0.25) is 0 Å². The van der Waals surface area contributed by atoms with Crippen LogP contribution in [0.5, 0.6) is 5.75 Å². The SMILES string of the molecule is COC(=O)/C(C#N)=C/Nc1cccc(OCCC(C)C)c1. The van der Waals surface area contributed by atoms with Gasteiger partial charge in [0.05, 0.1) is 13.7 Å². The van der Waals surface area contributed by atoms with E-state index in [1.54, 1.807) is 6.07 Å². The van der Waals surface area contributed by atoms with E-state index in [-0.39, 0.29) is 5.57 Å². The summed E-state index contributed by atoms with van der Waals surface area (Å²) in [7, 11) is 1.23. The van der Waals surface area contributed by atoms with Crippen LogP contribution in [0.1, 0.15) is 20.3 Å². The number of methoxy groups -OCH3 is 1. The van der Waals surface area contributed by atoms with Crippen LogP contribution in [-0.2, 0) is 9.53 Å². The Bertz CT molecular complexity index is 545. The Hall–Kier alpha value is -2.48. The fraction of sp³-hybridized carbons (Fsp3) is 0.375. The summed E-state index contributed by atoms with van der Waals surface area (Å²) in [5, 5.41) is 11.7. The summed E-state index contributed by atoms with van der Waals surface area (Å²) in [6.07, 6.45) is 2.30. The number of anilines is 1. The van der Waals surface area contributed by atoms with Crippen molar-refractivity contribution in [3.05, 3.63) is 36.0 Å². The van der Waals surface area contributed by atoms with Gasteiger partial charge in [0, 0.05) is 18.0 Å². The molecule has 0 fully saturated rings. The van der Waals surface area contributed by atoms with Crippen LogP contribution in [0.4, 0.5) is 5.69 Å². The van der Waals surface area contributed by atoms with E-state index in [9.17, 15) is 4.79 Å². The highest BCUT2D eigenvalue weighted by Gasteiger charge is 2.07. The molecule has 0 aliphatic carbocycles. The molecule has 0 aliphatic rings.